The molecule has 0 saturated carbocycles. The first-order chi connectivity index (χ1) is 9.93. The van der Waals surface area contributed by atoms with Gasteiger partial charge in [0, 0.05) is 17.5 Å². The van der Waals surface area contributed by atoms with Gasteiger partial charge in [-0.1, -0.05) is 12.1 Å². The highest BCUT2D eigenvalue weighted by atomic mass is 32.1. The Morgan fingerprint density at radius 1 is 1.43 bits per heavy atom. The van der Waals surface area contributed by atoms with Gasteiger partial charge in [0.15, 0.2) is 0 Å². The highest BCUT2D eigenvalue weighted by Gasteiger charge is 2.20. The molecule has 1 aromatic rings. The summed E-state index contributed by atoms with van der Waals surface area (Å²) in [4.78, 5) is 27.7. The third-order valence-corrected chi connectivity index (χ3v) is 3.90. The van der Waals surface area contributed by atoms with Gasteiger partial charge in [0.25, 0.3) is 0 Å². The molecular weight excluding hydrogens is 288 g/mol. The molecule has 0 aliphatic heterocycles. The first-order valence-corrected chi connectivity index (χ1v) is 7.69. The molecule has 1 aromatic heterocycles. The summed E-state index contributed by atoms with van der Waals surface area (Å²) < 4.78 is 0. The lowest BCUT2D eigenvalue weighted by molar-refractivity contribution is -0.140. The van der Waals surface area contributed by atoms with Crippen LogP contribution in [0.15, 0.2) is 30.2 Å². The van der Waals surface area contributed by atoms with Gasteiger partial charge in [-0.3, -0.25) is 14.5 Å². The van der Waals surface area contributed by atoms with Crippen molar-refractivity contribution in [2.24, 2.45) is 0 Å². The summed E-state index contributed by atoms with van der Waals surface area (Å²) in [5.74, 6) is -1.01. The lowest BCUT2D eigenvalue weighted by Gasteiger charge is -2.28. The van der Waals surface area contributed by atoms with Gasteiger partial charge in [-0.2, -0.15) is 0 Å². The SMILES string of the molecule is C=CCN(Cc1cccs1)C(=O)CN(CC(=O)O)C(C)C. The molecule has 1 amide bonds. The maximum atomic E-state index is 12.4. The Labute approximate surface area is 129 Å². The number of carbonyl (C=O) groups excluding carboxylic acids is 1. The van der Waals surface area contributed by atoms with E-state index in [0.29, 0.717) is 13.1 Å². The van der Waals surface area contributed by atoms with E-state index in [1.807, 2.05) is 31.4 Å². The van der Waals surface area contributed by atoms with Crippen molar-refractivity contribution in [3.8, 4) is 0 Å². The number of hydrogen-bond acceptors (Lipinski definition) is 4. The minimum atomic E-state index is -0.926. The number of nitrogens with zero attached hydrogens (tertiary/aromatic N) is 2. The Balaban J connectivity index is 2.70. The molecular formula is C15H22N2O3S. The van der Waals surface area contributed by atoms with E-state index in [2.05, 4.69) is 6.58 Å². The Kier molecular flexibility index (Phi) is 7.11. The highest BCUT2D eigenvalue weighted by Crippen LogP contribution is 2.12. The lowest BCUT2D eigenvalue weighted by atomic mass is 10.3. The molecule has 1 N–H and O–H groups in total. The molecule has 0 unspecified atom stereocenters. The van der Waals surface area contributed by atoms with E-state index in [-0.39, 0.29) is 25.0 Å². The van der Waals surface area contributed by atoms with Crippen molar-refractivity contribution in [3.63, 3.8) is 0 Å². The van der Waals surface area contributed by atoms with Gasteiger partial charge in [0.1, 0.15) is 0 Å². The number of hydrogen-bond donors (Lipinski definition) is 1. The zero-order valence-corrected chi connectivity index (χ0v) is 13.3. The van der Waals surface area contributed by atoms with Gasteiger partial charge in [0.05, 0.1) is 19.6 Å². The van der Waals surface area contributed by atoms with Crippen molar-refractivity contribution in [2.45, 2.75) is 26.4 Å². The average Bonchev–Trinajstić information content (AvgIpc) is 2.89. The number of carboxylic acid groups (broad SMARTS) is 1. The molecule has 5 nitrogen and oxygen atoms in total. The fourth-order valence-electron chi connectivity index (χ4n) is 1.87. The van der Waals surface area contributed by atoms with Crippen molar-refractivity contribution in [1.29, 1.82) is 0 Å². The molecule has 0 aromatic carbocycles. The van der Waals surface area contributed by atoms with Crippen molar-refractivity contribution >= 4 is 23.2 Å². The Bertz CT molecular complexity index is 471. The normalized spacial score (nSPS) is 10.9. The fourth-order valence-corrected chi connectivity index (χ4v) is 2.59. The van der Waals surface area contributed by atoms with E-state index in [4.69, 9.17) is 5.11 Å². The molecule has 0 bridgehead atoms. The summed E-state index contributed by atoms with van der Waals surface area (Å²) in [5, 5.41) is 10.9. The van der Waals surface area contributed by atoms with Crippen LogP contribution in [0, 0.1) is 0 Å². The van der Waals surface area contributed by atoms with Crippen molar-refractivity contribution < 1.29 is 14.7 Å². The molecule has 6 heteroatoms. The Morgan fingerprint density at radius 2 is 2.14 bits per heavy atom. The quantitative estimate of drug-likeness (QED) is 0.709. The Morgan fingerprint density at radius 3 is 2.62 bits per heavy atom. The topological polar surface area (TPSA) is 60.9 Å². The highest BCUT2D eigenvalue weighted by molar-refractivity contribution is 7.09. The van der Waals surface area contributed by atoms with E-state index >= 15 is 0 Å². The molecule has 0 atom stereocenters. The largest absolute Gasteiger partial charge is 0.480 e. The van der Waals surface area contributed by atoms with Crippen molar-refractivity contribution in [2.75, 3.05) is 19.6 Å². The number of carbonyl (C=O) groups is 2. The number of aliphatic carboxylic acids is 1. The van der Waals surface area contributed by atoms with Crippen LogP contribution in [0.1, 0.15) is 18.7 Å². The monoisotopic (exact) mass is 310 g/mol. The maximum absolute atomic E-state index is 12.4. The van der Waals surface area contributed by atoms with E-state index < -0.39 is 5.97 Å². The molecule has 21 heavy (non-hydrogen) atoms. The summed E-state index contributed by atoms with van der Waals surface area (Å²) in [7, 11) is 0. The first-order valence-electron chi connectivity index (χ1n) is 6.81. The summed E-state index contributed by atoms with van der Waals surface area (Å²) in [6.07, 6.45) is 1.68. The van der Waals surface area contributed by atoms with E-state index in [1.54, 1.807) is 27.2 Å². The predicted octanol–water partition coefficient (Wildman–Crippen LogP) is 2.06. The predicted molar refractivity (Wildman–Crippen MR) is 84.3 cm³/mol. The van der Waals surface area contributed by atoms with Crippen LogP contribution in [0.2, 0.25) is 0 Å². The third kappa shape index (κ3) is 6.10. The first kappa shape index (κ1) is 17.4. The average molecular weight is 310 g/mol. The van der Waals surface area contributed by atoms with Gasteiger partial charge < -0.3 is 10.0 Å². The number of rotatable bonds is 9. The van der Waals surface area contributed by atoms with Crippen LogP contribution in [0.5, 0.6) is 0 Å². The maximum Gasteiger partial charge on any atom is 0.317 e. The van der Waals surface area contributed by atoms with Crippen LogP contribution < -0.4 is 0 Å². The molecule has 1 rings (SSSR count). The summed E-state index contributed by atoms with van der Waals surface area (Å²) in [5.41, 5.74) is 0. The van der Waals surface area contributed by atoms with Crippen LogP contribution in [0.25, 0.3) is 0 Å². The van der Waals surface area contributed by atoms with Gasteiger partial charge in [-0.25, -0.2) is 0 Å². The summed E-state index contributed by atoms with van der Waals surface area (Å²) >= 11 is 1.59. The Hall–Kier alpha value is -1.66. The van der Waals surface area contributed by atoms with E-state index in [1.165, 1.54) is 0 Å². The molecule has 0 aliphatic carbocycles. The van der Waals surface area contributed by atoms with Crippen LogP contribution in [-0.2, 0) is 16.1 Å². The summed E-state index contributed by atoms with van der Waals surface area (Å²) in [6.45, 7) is 8.39. The molecule has 116 valence electrons. The van der Waals surface area contributed by atoms with Crippen molar-refractivity contribution in [1.82, 2.24) is 9.80 Å². The zero-order valence-electron chi connectivity index (χ0n) is 12.5. The fraction of sp³-hybridized carbons (Fsp3) is 0.467. The molecule has 0 aliphatic rings. The van der Waals surface area contributed by atoms with Gasteiger partial charge >= 0.3 is 5.97 Å². The minimum absolute atomic E-state index is 0.00244. The molecule has 0 spiro atoms. The molecule has 0 radical (unpaired) electrons. The number of amides is 1. The second-order valence-corrected chi connectivity index (χ2v) is 6.07. The van der Waals surface area contributed by atoms with Gasteiger partial charge in [-0.05, 0) is 25.3 Å². The van der Waals surface area contributed by atoms with Gasteiger partial charge in [-0.15, -0.1) is 17.9 Å². The third-order valence-electron chi connectivity index (χ3n) is 3.04. The minimum Gasteiger partial charge on any atom is -0.480 e. The zero-order chi connectivity index (χ0) is 15.8. The van der Waals surface area contributed by atoms with Gasteiger partial charge in [0.2, 0.25) is 5.91 Å². The van der Waals surface area contributed by atoms with Crippen LogP contribution in [-0.4, -0.2) is 52.5 Å². The lowest BCUT2D eigenvalue weighted by Crippen LogP contribution is -2.44. The van der Waals surface area contributed by atoms with Crippen LogP contribution in [0.3, 0.4) is 0 Å². The van der Waals surface area contributed by atoms with Crippen LogP contribution >= 0.6 is 11.3 Å². The van der Waals surface area contributed by atoms with Crippen molar-refractivity contribution in [3.05, 3.63) is 35.0 Å². The second kappa shape index (κ2) is 8.59. The number of thiophene rings is 1. The van der Waals surface area contributed by atoms with Crippen LogP contribution in [0.4, 0.5) is 0 Å². The smallest absolute Gasteiger partial charge is 0.317 e. The summed E-state index contributed by atoms with van der Waals surface area (Å²) in [6, 6.07) is 3.92. The molecule has 0 fully saturated rings. The number of carboxylic acids is 1. The second-order valence-electron chi connectivity index (χ2n) is 5.03. The van der Waals surface area contributed by atoms with E-state index in [9.17, 15) is 9.59 Å². The molecule has 1 heterocycles. The standard InChI is InChI=1S/C15H22N2O3S/c1-4-7-16(9-13-6-5-8-21-13)14(18)10-17(12(2)3)11-15(19)20/h4-6,8,12H,1,7,9-11H2,2-3H3,(H,19,20). The molecule has 0 saturated heterocycles. The van der Waals surface area contributed by atoms with E-state index in [0.717, 1.165) is 4.88 Å².